The smallest absolute Gasteiger partial charge is 0.319 e. The predicted molar refractivity (Wildman–Crippen MR) is 69.0 cm³/mol. The van der Waals surface area contributed by atoms with Gasteiger partial charge in [-0.15, -0.1) is 6.58 Å². The van der Waals surface area contributed by atoms with E-state index >= 15 is 0 Å². The van der Waals surface area contributed by atoms with E-state index in [2.05, 4.69) is 22.2 Å². The van der Waals surface area contributed by atoms with E-state index in [1.165, 1.54) is 0 Å². The normalized spacial score (nSPS) is 9.88. The molecule has 0 unspecified atom stereocenters. The van der Waals surface area contributed by atoms with Gasteiger partial charge in [0.25, 0.3) is 0 Å². The van der Waals surface area contributed by atoms with Crippen molar-refractivity contribution in [3.63, 3.8) is 0 Å². The zero-order valence-electron chi connectivity index (χ0n) is 9.31. The summed E-state index contributed by atoms with van der Waals surface area (Å²) in [5, 5.41) is 6.40. The molecule has 0 aliphatic rings. The average Bonchev–Trinajstić information content (AvgIpc) is 2.37. The fourth-order valence-corrected chi connectivity index (χ4v) is 1.54. The Bertz CT molecular complexity index is 546. The quantitative estimate of drug-likeness (QED) is 0.792. The summed E-state index contributed by atoms with van der Waals surface area (Å²) in [5.41, 5.74) is 1.48. The van der Waals surface area contributed by atoms with E-state index in [0.717, 1.165) is 10.9 Å². The molecule has 2 rings (SSSR count). The zero-order valence-corrected chi connectivity index (χ0v) is 9.31. The summed E-state index contributed by atoms with van der Waals surface area (Å²) in [6.07, 6.45) is 3.33. The van der Waals surface area contributed by atoms with E-state index in [1.807, 2.05) is 30.3 Å². The Morgan fingerprint density at radius 1 is 1.35 bits per heavy atom. The number of nitrogens with zero attached hydrogens (tertiary/aromatic N) is 1. The number of para-hydroxylation sites is 1. The van der Waals surface area contributed by atoms with Gasteiger partial charge in [0, 0.05) is 18.1 Å². The maximum atomic E-state index is 11.5. The van der Waals surface area contributed by atoms with Crippen LogP contribution in [0.5, 0.6) is 0 Å². The van der Waals surface area contributed by atoms with Crippen molar-refractivity contribution >= 4 is 22.6 Å². The second-order valence-corrected chi connectivity index (χ2v) is 3.50. The number of pyridine rings is 1. The van der Waals surface area contributed by atoms with Crippen LogP contribution in [0.1, 0.15) is 0 Å². The fraction of sp³-hybridized carbons (Fsp3) is 0.0769. The number of aromatic nitrogens is 1. The summed E-state index contributed by atoms with van der Waals surface area (Å²) in [5.74, 6) is 0. The maximum absolute atomic E-state index is 11.5. The van der Waals surface area contributed by atoms with Crippen molar-refractivity contribution in [2.75, 3.05) is 11.9 Å². The number of hydrogen-bond donors (Lipinski definition) is 2. The molecule has 86 valence electrons. The molecular weight excluding hydrogens is 214 g/mol. The van der Waals surface area contributed by atoms with Crippen molar-refractivity contribution in [3.05, 3.63) is 49.2 Å². The lowest BCUT2D eigenvalue weighted by Crippen LogP contribution is -2.28. The van der Waals surface area contributed by atoms with E-state index in [4.69, 9.17) is 0 Å². The van der Waals surface area contributed by atoms with Gasteiger partial charge < -0.3 is 10.6 Å². The van der Waals surface area contributed by atoms with Gasteiger partial charge in [0.15, 0.2) is 0 Å². The average molecular weight is 227 g/mol. The lowest BCUT2D eigenvalue weighted by molar-refractivity contribution is 0.253. The Labute approximate surface area is 99.4 Å². The Morgan fingerprint density at radius 3 is 3.00 bits per heavy atom. The Balaban J connectivity index is 2.23. The van der Waals surface area contributed by atoms with Gasteiger partial charge in [0.05, 0.1) is 11.2 Å². The lowest BCUT2D eigenvalue weighted by atomic mass is 10.2. The molecule has 1 aromatic carbocycles. The minimum Gasteiger partial charge on any atom is -0.334 e. The number of carbonyl (C=O) groups excluding carboxylic acids is 1. The minimum atomic E-state index is -0.261. The first kappa shape index (κ1) is 11.1. The van der Waals surface area contributed by atoms with Gasteiger partial charge in [0.1, 0.15) is 0 Å². The van der Waals surface area contributed by atoms with Crippen molar-refractivity contribution in [3.8, 4) is 0 Å². The molecule has 0 radical (unpaired) electrons. The molecule has 2 aromatic rings. The molecule has 0 bridgehead atoms. The van der Waals surface area contributed by atoms with Gasteiger partial charge in [-0.05, 0) is 12.1 Å². The van der Waals surface area contributed by atoms with E-state index in [0.29, 0.717) is 12.2 Å². The van der Waals surface area contributed by atoms with Gasteiger partial charge in [-0.25, -0.2) is 4.79 Å². The number of urea groups is 1. The molecule has 0 saturated heterocycles. The Kier molecular flexibility index (Phi) is 3.35. The molecule has 2 amide bonds. The van der Waals surface area contributed by atoms with Crippen LogP contribution in [0.25, 0.3) is 10.9 Å². The number of benzene rings is 1. The SMILES string of the molecule is C=CCNC(=O)Nc1cccc2cccnc12. The lowest BCUT2D eigenvalue weighted by Gasteiger charge is -2.08. The number of hydrogen-bond acceptors (Lipinski definition) is 2. The first-order valence-electron chi connectivity index (χ1n) is 5.31. The van der Waals surface area contributed by atoms with Crippen LogP contribution in [0.3, 0.4) is 0 Å². The predicted octanol–water partition coefficient (Wildman–Crippen LogP) is 2.54. The van der Waals surface area contributed by atoms with Crippen LogP contribution >= 0.6 is 0 Å². The third-order valence-electron chi connectivity index (χ3n) is 2.29. The second kappa shape index (κ2) is 5.12. The summed E-state index contributed by atoms with van der Waals surface area (Å²) in [6.45, 7) is 3.97. The van der Waals surface area contributed by atoms with Crippen LogP contribution < -0.4 is 10.6 Å². The first-order chi connectivity index (χ1) is 8.31. The molecule has 1 aromatic heterocycles. The highest BCUT2D eigenvalue weighted by Gasteiger charge is 2.04. The molecule has 0 aliphatic carbocycles. The third-order valence-corrected chi connectivity index (χ3v) is 2.29. The highest BCUT2D eigenvalue weighted by molar-refractivity contribution is 5.99. The topological polar surface area (TPSA) is 54.0 Å². The van der Waals surface area contributed by atoms with E-state index in [9.17, 15) is 4.79 Å². The van der Waals surface area contributed by atoms with E-state index in [-0.39, 0.29) is 6.03 Å². The molecule has 0 atom stereocenters. The molecule has 2 N–H and O–H groups in total. The standard InChI is InChI=1S/C13H13N3O/c1-2-8-15-13(17)16-11-7-3-5-10-6-4-9-14-12(10)11/h2-7,9H,1,8H2,(H2,15,16,17). The van der Waals surface area contributed by atoms with Crippen LogP contribution in [0.4, 0.5) is 10.5 Å². The summed E-state index contributed by atoms with van der Waals surface area (Å²) in [6, 6.07) is 9.22. The highest BCUT2D eigenvalue weighted by atomic mass is 16.2. The molecule has 17 heavy (non-hydrogen) atoms. The Morgan fingerprint density at radius 2 is 2.18 bits per heavy atom. The molecule has 1 heterocycles. The van der Waals surface area contributed by atoms with Crippen molar-refractivity contribution in [1.29, 1.82) is 0 Å². The van der Waals surface area contributed by atoms with Gasteiger partial charge in [-0.3, -0.25) is 4.98 Å². The Hall–Kier alpha value is -2.36. The molecular formula is C13H13N3O. The highest BCUT2D eigenvalue weighted by Crippen LogP contribution is 2.20. The van der Waals surface area contributed by atoms with Gasteiger partial charge in [0.2, 0.25) is 0 Å². The summed E-state index contributed by atoms with van der Waals surface area (Å²) >= 11 is 0. The second-order valence-electron chi connectivity index (χ2n) is 3.50. The van der Waals surface area contributed by atoms with Crippen LogP contribution in [0.15, 0.2) is 49.2 Å². The molecule has 4 nitrogen and oxygen atoms in total. The van der Waals surface area contributed by atoms with E-state index in [1.54, 1.807) is 12.3 Å². The van der Waals surface area contributed by atoms with Crippen LogP contribution in [0, 0.1) is 0 Å². The van der Waals surface area contributed by atoms with E-state index < -0.39 is 0 Å². The molecule has 0 spiro atoms. The zero-order chi connectivity index (χ0) is 12.1. The number of rotatable bonds is 3. The summed E-state index contributed by atoms with van der Waals surface area (Å²) in [7, 11) is 0. The van der Waals surface area contributed by atoms with Crippen molar-refractivity contribution in [2.24, 2.45) is 0 Å². The third kappa shape index (κ3) is 2.60. The molecule has 0 fully saturated rings. The first-order valence-corrected chi connectivity index (χ1v) is 5.31. The van der Waals surface area contributed by atoms with Gasteiger partial charge >= 0.3 is 6.03 Å². The summed E-state index contributed by atoms with van der Waals surface area (Å²) in [4.78, 5) is 15.8. The number of carbonyl (C=O) groups is 1. The fourth-order valence-electron chi connectivity index (χ4n) is 1.54. The van der Waals surface area contributed by atoms with Gasteiger partial charge in [-0.2, -0.15) is 0 Å². The summed E-state index contributed by atoms with van der Waals surface area (Å²) < 4.78 is 0. The molecule has 4 heteroatoms. The number of anilines is 1. The maximum Gasteiger partial charge on any atom is 0.319 e. The van der Waals surface area contributed by atoms with Crippen LogP contribution in [-0.4, -0.2) is 17.6 Å². The number of nitrogens with one attached hydrogen (secondary N) is 2. The van der Waals surface area contributed by atoms with Crippen LogP contribution in [0.2, 0.25) is 0 Å². The minimum absolute atomic E-state index is 0.261. The van der Waals surface area contributed by atoms with Crippen molar-refractivity contribution in [2.45, 2.75) is 0 Å². The monoisotopic (exact) mass is 227 g/mol. The molecule has 0 aliphatic heterocycles. The number of fused-ring (bicyclic) bond motifs is 1. The largest absolute Gasteiger partial charge is 0.334 e. The number of amides is 2. The van der Waals surface area contributed by atoms with Gasteiger partial charge in [-0.1, -0.05) is 24.3 Å². The molecule has 0 saturated carbocycles. The van der Waals surface area contributed by atoms with Crippen molar-refractivity contribution in [1.82, 2.24) is 10.3 Å². The van der Waals surface area contributed by atoms with Crippen LogP contribution in [-0.2, 0) is 0 Å². The van der Waals surface area contributed by atoms with Crippen molar-refractivity contribution < 1.29 is 4.79 Å².